The van der Waals surface area contributed by atoms with Crippen molar-refractivity contribution in [2.24, 2.45) is 5.41 Å². The van der Waals surface area contributed by atoms with Crippen LogP contribution in [0.5, 0.6) is 0 Å². The first-order valence-corrected chi connectivity index (χ1v) is 9.67. The fourth-order valence-corrected chi connectivity index (χ4v) is 4.49. The highest BCUT2D eigenvalue weighted by Gasteiger charge is 2.50. The number of amides is 1. The number of morpholine rings is 1. The molecular weight excluding hydrogens is 330 g/mol. The molecule has 0 radical (unpaired) electrons. The average Bonchev–Trinajstić information content (AvgIpc) is 3.21. The standard InChI is InChI=1S/C19H29N5O2/c20-17-16(2-1-5-21-17)14-23-6-3-19(15-23)4-7-24(18(19)25)9-8-22-10-12-26-13-11-22/h1-2,5H,3-4,6-15H2,(H2,20,21). The van der Waals surface area contributed by atoms with Crippen molar-refractivity contribution in [1.29, 1.82) is 0 Å². The molecule has 3 saturated heterocycles. The SMILES string of the molecule is Nc1ncccc1CN1CCC2(CCN(CCN3CCOCC3)C2=O)C1. The number of anilines is 1. The van der Waals surface area contributed by atoms with Crippen molar-refractivity contribution in [2.45, 2.75) is 19.4 Å². The van der Waals surface area contributed by atoms with Gasteiger partial charge in [-0.25, -0.2) is 4.98 Å². The highest BCUT2D eigenvalue weighted by atomic mass is 16.5. The molecule has 3 aliphatic rings. The molecule has 0 saturated carbocycles. The first kappa shape index (κ1) is 17.7. The maximum Gasteiger partial charge on any atom is 0.230 e. The molecule has 1 unspecified atom stereocenters. The van der Waals surface area contributed by atoms with Gasteiger partial charge in [-0.05, 0) is 25.5 Å². The minimum absolute atomic E-state index is 0.179. The zero-order valence-electron chi connectivity index (χ0n) is 15.4. The monoisotopic (exact) mass is 359 g/mol. The smallest absolute Gasteiger partial charge is 0.230 e. The lowest BCUT2D eigenvalue weighted by Gasteiger charge is -2.29. The Kier molecular flexibility index (Phi) is 5.11. The van der Waals surface area contributed by atoms with E-state index in [1.165, 1.54) is 0 Å². The Bertz CT molecular complexity index is 649. The van der Waals surface area contributed by atoms with Gasteiger partial charge in [0.25, 0.3) is 0 Å². The van der Waals surface area contributed by atoms with Gasteiger partial charge in [-0.3, -0.25) is 14.6 Å². The van der Waals surface area contributed by atoms with Crippen LogP contribution in [-0.4, -0.2) is 84.6 Å². The minimum atomic E-state index is -0.179. The lowest BCUT2D eigenvalue weighted by atomic mass is 9.85. The average molecular weight is 359 g/mol. The van der Waals surface area contributed by atoms with Gasteiger partial charge in [-0.2, -0.15) is 0 Å². The molecule has 0 bridgehead atoms. The van der Waals surface area contributed by atoms with Crippen LogP contribution in [0.15, 0.2) is 18.3 Å². The second-order valence-corrected chi connectivity index (χ2v) is 7.78. The third kappa shape index (κ3) is 3.56. The number of carbonyl (C=O) groups is 1. The zero-order chi connectivity index (χ0) is 18.0. The van der Waals surface area contributed by atoms with Gasteiger partial charge in [0.05, 0.1) is 18.6 Å². The molecule has 3 aliphatic heterocycles. The third-order valence-corrected chi connectivity index (χ3v) is 6.14. The van der Waals surface area contributed by atoms with Gasteiger partial charge in [0.1, 0.15) is 5.82 Å². The van der Waals surface area contributed by atoms with Crippen molar-refractivity contribution in [2.75, 3.05) is 64.8 Å². The number of nitrogen functional groups attached to an aromatic ring is 1. The van der Waals surface area contributed by atoms with E-state index in [0.717, 1.165) is 84.0 Å². The number of hydrogen-bond acceptors (Lipinski definition) is 6. The normalized spacial score (nSPS) is 27.7. The van der Waals surface area contributed by atoms with E-state index in [2.05, 4.69) is 19.7 Å². The van der Waals surface area contributed by atoms with Crippen LogP contribution in [0.3, 0.4) is 0 Å². The molecule has 2 N–H and O–H groups in total. The van der Waals surface area contributed by atoms with Crippen LogP contribution < -0.4 is 5.73 Å². The van der Waals surface area contributed by atoms with Gasteiger partial charge in [0, 0.05) is 57.6 Å². The molecule has 1 atom stereocenters. The summed E-state index contributed by atoms with van der Waals surface area (Å²) in [7, 11) is 0. The second kappa shape index (κ2) is 7.50. The van der Waals surface area contributed by atoms with E-state index in [1.54, 1.807) is 6.20 Å². The van der Waals surface area contributed by atoms with Crippen LogP contribution >= 0.6 is 0 Å². The summed E-state index contributed by atoms with van der Waals surface area (Å²) in [5.74, 6) is 0.950. The largest absolute Gasteiger partial charge is 0.383 e. The molecule has 0 aromatic carbocycles. The van der Waals surface area contributed by atoms with E-state index in [4.69, 9.17) is 10.5 Å². The summed E-state index contributed by atoms with van der Waals surface area (Å²) < 4.78 is 5.40. The lowest BCUT2D eigenvalue weighted by Crippen LogP contribution is -2.43. The zero-order valence-corrected chi connectivity index (χ0v) is 15.4. The van der Waals surface area contributed by atoms with Gasteiger partial charge in [0.2, 0.25) is 5.91 Å². The van der Waals surface area contributed by atoms with Gasteiger partial charge < -0.3 is 15.4 Å². The number of pyridine rings is 1. The summed E-state index contributed by atoms with van der Waals surface area (Å²) >= 11 is 0. The number of likely N-dealkylation sites (tertiary alicyclic amines) is 2. The van der Waals surface area contributed by atoms with E-state index >= 15 is 0 Å². The molecule has 1 spiro atoms. The molecule has 1 aromatic heterocycles. The number of carbonyl (C=O) groups excluding carboxylic acids is 1. The van der Waals surface area contributed by atoms with E-state index < -0.39 is 0 Å². The molecule has 1 amide bonds. The van der Waals surface area contributed by atoms with Crippen molar-refractivity contribution in [3.8, 4) is 0 Å². The van der Waals surface area contributed by atoms with Gasteiger partial charge in [-0.15, -0.1) is 0 Å². The summed E-state index contributed by atoms with van der Waals surface area (Å²) in [4.78, 5) is 24.1. The molecule has 26 heavy (non-hydrogen) atoms. The topological polar surface area (TPSA) is 74.9 Å². The van der Waals surface area contributed by atoms with Crippen LogP contribution in [0.2, 0.25) is 0 Å². The highest BCUT2D eigenvalue weighted by molar-refractivity contribution is 5.85. The molecule has 7 nitrogen and oxygen atoms in total. The van der Waals surface area contributed by atoms with Crippen LogP contribution in [-0.2, 0) is 16.1 Å². The molecule has 0 aliphatic carbocycles. The van der Waals surface area contributed by atoms with E-state index in [1.807, 2.05) is 12.1 Å². The molecule has 3 fully saturated rings. The summed E-state index contributed by atoms with van der Waals surface area (Å²) in [6.07, 6.45) is 3.66. The number of nitrogens with zero attached hydrogens (tertiary/aromatic N) is 4. The van der Waals surface area contributed by atoms with Gasteiger partial charge in [0.15, 0.2) is 0 Å². The Balaban J connectivity index is 1.32. The lowest BCUT2D eigenvalue weighted by molar-refractivity contribution is -0.135. The van der Waals surface area contributed by atoms with Crippen molar-refractivity contribution in [1.82, 2.24) is 19.7 Å². The van der Waals surface area contributed by atoms with Crippen LogP contribution in [0.25, 0.3) is 0 Å². The Morgan fingerprint density at radius 3 is 2.73 bits per heavy atom. The minimum Gasteiger partial charge on any atom is -0.383 e. The van der Waals surface area contributed by atoms with Crippen LogP contribution in [0, 0.1) is 5.41 Å². The van der Waals surface area contributed by atoms with Gasteiger partial charge >= 0.3 is 0 Å². The van der Waals surface area contributed by atoms with Crippen molar-refractivity contribution < 1.29 is 9.53 Å². The maximum atomic E-state index is 13.1. The fourth-order valence-electron chi connectivity index (χ4n) is 4.49. The molecular formula is C19H29N5O2. The molecule has 4 rings (SSSR count). The van der Waals surface area contributed by atoms with E-state index in [0.29, 0.717) is 11.7 Å². The second-order valence-electron chi connectivity index (χ2n) is 7.78. The number of rotatable bonds is 5. The predicted molar refractivity (Wildman–Crippen MR) is 99.4 cm³/mol. The third-order valence-electron chi connectivity index (χ3n) is 6.14. The molecule has 7 heteroatoms. The molecule has 4 heterocycles. The van der Waals surface area contributed by atoms with E-state index in [-0.39, 0.29) is 5.41 Å². The Hall–Kier alpha value is -1.70. The van der Waals surface area contributed by atoms with Crippen molar-refractivity contribution in [3.63, 3.8) is 0 Å². The first-order valence-electron chi connectivity index (χ1n) is 9.67. The van der Waals surface area contributed by atoms with E-state index in [9.17, 15) is 4.79 Å². The summed E-state index contributed by atoms with van der Waals surface area (Å²) in [6.45, 7) is 8.85. The Morgan fingerprint density at radius 1 is 1.12 bits per heavy atom. The number of aromatic nitrogens is 1. The molecule has 1 aromatic rings. The van der Waals surface area contributed by atoms with Crippen LogP contribution in [0.4, 0.5) is 5.82 Å². The van der Waals surface area contributed by atoms with Gasteiger partial charge in [-0.1, -0.05) is 6.07 Å². The summed E-state index contributed by atoms with van der Waals surface area (Å²) in [5.41, 5.74) is 6.85. The van der Waals surface area contributed by atoms with Crippen molar-refractivity contribution in [3.05, 3.63) is 23.9 Å². The number of hydrogen-bond donors (Lipinski definition) is 1. The Labute approximate surface area is 155 Å². The summed E-state index contributed by atoms with van der Waals surface area (Å²) in [6, 6.07) is 3.95. The first-order chi connectivity index (χ1) is 12.7. The number of ether oxygens (including phenoxy) is 1. The van der Waals surface area contributed by atoms with Crippen molar-refractivity contribution >= 4 is 11.7 Å². The van der Waals surface area contributed by atoms with Crippen LogP contribution in [0.1, 0.15) is 18.4 Å². The predicted octanol–water partition coefficient (Wildman–Crippen LogP) is 0.420. The Morgan fingerprint density at radius 2 is 1.92 bits per heavy atom. The summed E-state index contributed by atoms with van der Waals surface area (Å²) in [5, 5.41) is 0. The molecule has 142 valence electrons. The maximum absolute atomic E-state index is 13.1. The number of nitrogens with two attached hydrogens (primary N) is 1. The quantitative estimate of drug-likeness (QED) is 0.821. The highest BCUT2D eigenvalue weighted by Crippen LogP contribution is 2.41. The fraction of sp³-hybridized carbons (Fsp3) is 0.684.